The number of carboxylic acids is 1. The Bertz CT molecular complexity index is 187. The molecule has 3 heteroatoms. The maximum Gasteiger partial charge on any atom is 0.331 e. The molecular formula is C8H13NO2. The van der Waals surface area contributed by atoms with Crippen LogP contribution in [-0.2, 0) is 4.79 Å². The average Bonchev–Trinajstić information content (AvgIpc) is 2.05. The highest BCUT2D eigenvalue weighted by atomic mass is 16.4. The first-order valence-electron chi connectivity index (χ1n) is 3.91. The van der Waals surface area contributed by atoms with E-state index in [1.165, 1.54) is 0 Å². The molecule has 0 saturated heterocycles. The summed E-state index contributed by atoms with van der Waals surface area (Å²) < 4.78 is 0. The first-order valence-corrected chi connectivity index (χ1v) is 3.91. The highest BCUT2D eigenvalue weighted by Crippen LogP contribution is 2.09. The molecule has 1 rings (SSSR count). The third kappa shape index (κ3) is 2.05. The van der Waals surface area contributed by atoms with Crippen LogP contribution in [0, 0.1) is 0 Å². The van der Waals surface area contributed by atoms with Crippen molar-refractivity contribution in [2.75, 3.05) is 6.54 Å². The van der Waals surface area contributed by atoms with E-state index < -0.39 is 5.97 Å². The van der Waals surface area contributed by atoms with Crippen LogP contribution in [0.25, 0.3) is 0 Å². The van der Waals surface area contributed by atoms with Gasteiger partial charge in [0.25, 0.3) is 0 Å². The summed E-state index contributed by atoms with van der Waals surface area (Å²) in [4.78, 5) is 10.5. The number of nitrogens with one attached hydrogen (secondary N) is 1. The van der Waals surface area contributed by atoms with Gasteiger partial charge < -0.3 is 10.4 Å². The lowest BCUT2D eigenvalue weighted by Gasteiger charge is -2.19. The summed E-state index contributed by atoms with van der Waals surface area (Å²) in [5.74, 6) is -0.773. The Morgan fingerprint density at radius 2 is 2.64 bits per heavy atom. The first kappa shape index (κ1) is 8.27. The Kier molecular flexibility index (Phi) is 2.65. The molecule has 0 amide bonds. The summed E-state index contributed by atoms with van der Waals surface area (Å²) in [6.45, 7) is 2.83. The minimum atomic E-state index is -0.773. The molecule has 1 aliphatic heterocycles. The molecular weight excluding hydrogens is 142 g/mol. The van der Waals surface area contributed by atoms with E-state index in [9.17, 15) is 4.79 Å². The molecule has 0 spiro atoms. The van der Waals surface area contributed by atoms with Crippen molar-refractivity contribution in [2.24, 2.45) is 0 Å². The summed E-state index contributed by atoms with van der Waals surface area (Å²) in [7, 11) is 0. The van der Waals surface area contributed by atoms with Crippen LogP contribution in [0.15, 0.2) is 11.6 Å². The smallest absolute Gasteiger partial charge is 0.331 e. The molecule has 1 heterocycles. The monoisotopic (exact) mass is 155 g/mol. The molecule has 0 saturated carbocycles. The first-order chi connectivity index (χ1) is 5.24. The van der Waals surface area contributed by atoms with Gasteiger partial charge in [0, 0.05) is 11.6 Å². The van der Waals surface area contributed by atoms with Crippen molar-refractivity contribution in [3.8, 4) is 0 Å². The quantitative estimate of drug-likeness (QED) is 0.619. The molecule has 11 heavy (non-hydrogen) atoms. The molecule has 0 radical (unpaired) electrons. The van der Waals surface area contributed by atoms with Gasteiger partial charge in [0.1, 0.15) is 0 Å². The lowest BCUT2D eigenvalue weighted by molar-refractivity contribution is -0.132. The van der Waals surface area contributed by atoms with Gasteiger partial charge >= 0.3 is 5.97 Å². The van der Waals surface area contributed by atoms with Crippen LogP contribution in [0.2, 0.25) is 0 Å². The van der Waals surface area contributed by atoms with Crippen LogP contribution in [0.5, 0.6) is 0 Å². The Hall–Kier alpha value is -0.830. The Morgan fingerprint density at radius 3 is 3.18 bits per heavy atom. The summed E-state index contributed by atoms with van der Waals surface area (Å²) in [5.41, 5.74) is 0.551. The number of hydrogen-bond acceptors (Lipinski definition) is 2. The van der Waals surface area contributed by atoms with Crippen molar-refractivity contribution >= 4 is 5.97 Å². The number of carbonyl (C=O) groups is 1. The van der Waals surface area contributed by atoms with Crippen molar-refractivity contribution in [2.45, 2.75) is 25.8 Å². The van der Waals surface area contributed by atoms with Gasteiger partial charge in [0.2, 0.25) is 0 Å². The van der Waals surface area contributed by atoms with E-state index in [1.54, 1.807) is 0 Å². The third-order valence-corrected chi connectivity index (χ3v) is 1.92. The van der Waals surface area contributed by atoms with Gasteiger partial charge in [0.05, 0.1) is 0 Å². The molecule has 0 aromatic rings. The summed E-state index contributed by atoms with van der Waals surface area (Å²) in [6.07, 6.45) is 3.41. The van der Waals surface area contributed by atoms with Gasteiger partial charge in [-0.25, -0.2) is 4.79 Å². The minimum absolute atomic E-state index is 0.259. The van der Waals surface area contributed by atoms with E-state index in [1.807, 2.05) is 13.0 Å². The number of aliphatic carboxylic acids is 1. The van der Waals surface area contributed by atoms with Gasteiger partial charge in [-0.3, -0.25) is 0 Å². The van der Waals surface area contributed by atoms with Gasteiger partial charge in [-0.15, -0.1) is 0 Å². The molecule has 0 bridgehead atoms. The number of carboxylic acid groups (broad SMARTS) is 1. The topological polar surface area (TPSA) is 49.3 Å². The van der Waals surface area contributed by atoms with Gasteiger partial charge in [-0.1, -0.05) is 13.0 Å². The summed E-state index contributed by atoms with van der Waals surface area (Å²) in [6, 6.07) is 0.259. The highest BCUT2D eigenvalue weighted by molar-refractivity contribution is 5.86. The zero-order valence-corrected chi connectivity index (χ0v) is 6.63. The van der Waals surface area contributed by atoms with E-state index in [4.69, 9.17) is 5.11 Å². The summed E-state index contributed by atoms with van der Waals surface area (Å²) >= 11 is 0. The van der Waals surface area contributed by atoms with E-state index in [2.05, 4.69) is 5.32 Å². The van der Waals surface area contributed by atoms with Crippen molar-refractivity contribution in [3.05, 3.63) is 11.6 Å². The van der Waals surface area contributed by atoms with E-state index in [0.29, 0.717) is 12.0 Å². The SMILES string of the molecule is CCC1C=C(C(=O)O)CCN1. The average molecular weight is 155 g/mol. The molecule has 0 fully saturated rings. The van der Waals surface area contributed by atoms with Crippen LogP contribution < -0.4 is 5.32 Å². The standard InChI is InChI=1S/C8H13NO2/c1-2-7-5-6(8(10)11)3-4-9-7/h5,7,9H,2-4H2,1H3,(H,10,11). The van der Waals surface area contributed by atoms with Crippen LogP contribution in [0.1, 0.15) is 19.8 Å². The molecule has 1 aliphatic rings. The van der Waals surface area contributed by atoms with Crippen LogP contribution in [0.3, 0.4) is 0 Å². The predicted molar refractivity (Wildman–Crippen MR) is 42.4 cm³/mol. The van der Waals surface area contributed by atoms with Crippen molar-refractivity contribution < 1.29 is 9.90 Å². The number of hydrogen-bond donors (Lipinski definition) is 2. The fourth-order valence-corrected chi connectivity index (χ4v) is 1.22. The lowest BCUT2D eigenvalue weighted by atomic mass is 10.0. The largest absolute Gasteiger partial charge is 0.478 e. The minimum Gasteiger partial charge on any atom is -0.478 e. The molecule has 0 aromatic carbocycles. The van der Waals surface area contributed by atoms with Crippen LogP contribution in [-0.4, -0.2) is 23.7 Å². The Labute approximate surface area is 66.1 Å². The molecule has 1 unspecified atom stereocenters. The third-order valence-electron chi connectivity index (χ3n) is 1.92. The fraction of sp³-hybridized carbons (Fsp3) is 0.625. The maximum absolute atomic E-state index is 10.5. The molecule has 2 N–H and O–H groups in total. The highest BCUT2D eigenvalue weighted by Gasteiger charge is 2.14. The van der Waals surface area contributed by atoms with E-state index in [0.717, 1.165) is 13.0 Å². The van der Waals surface area contributed by atoms with Crippen molar-refractivity contribution in [1.29, 1.82) is 0 Å². The Morgan fingerprint density at radius 1 is 1.91 bits per heavy atom. The fourth-order valence-electron chi connectivity index (χ4n) is 1.22. The zero-order chi connectivity index (χ0) is 8.27. The molecule has 0 aromatic heterocycles. The second kappa shape index (κ2) is 3.53. The number of rotatable bonds is 2. The van der Waals surface area contributed by atoms with E-state index >= 15 is 0 Å². The summed E-state index contributed by atoms with van der Waals surface area (Å²) in [5, 5.41) is 11.9. The second-order valence-electron chi connectivity index (χ2n) is 2.72. The molecule has 3 nitrogen and oxygen atoms in total. The lowest BCUT2D eigenvalue weighted by Crippen LogP contribution is -2.33. The van der Waals surface area contributed by atoms with Crippen LogP contribution >= 0.6 is 0 Å². The van der Waals surface area contributed by atoms with Gasteiger partial charge in [-0.2, -0.15) is 0 Å². The van der Waals surface area contributed by atoms with Crippen LogP contribution in [0.4, 0.5) is 0 Å². The molecule has 1 atom stereocenters. The van der Waals surface area contributed by atoms with Crippen molar-refractivity contribution in [3.63, 3.8) is 0 Å². The maximum atomic E-state index is 10.5. The predicted octanol–water partition coefficient (Wildman–Crippen LogP) is 0.769. The van der Waals surface area contributed by atoms with Crippen molar-refractivity contribution in [1.82, 2.24) is 5.32 Å². The zero-order valence-electron chi connectivity index (χ0n) is 6.63. The second-order valence-corrected chi connectivity index (χ2v) is 2.72. The normalized spacial score (nSPS) is 24.5. The van der Waals surface area contributed by atoms with E-state index in [-0.39, 0.29) is 6.04 Å². The molecule has 0 aliphatic carbocycles. The Balaban J connectivity index is 2.64. The van der Waals surface area contributed by atoms with Gasteiger partial charge in [0.15, 0.2) is 0 Å². The molecule has 62 valence electrons. The van der Waals surface area contributed by atoms with Gasteiger partial charge in [-0.05, 0) is 19.4 Å².